The van der Waals surface area contributed by atoms with Gasteiger partial charge in [-0.1, -0.05) is 54.1 Å². The van der Waals surface area contributed by atoms with Crippen LogP contribution in [-0.4, -0.2) is 43.4 Å². The first-order valence-electron chi connectivity index (χ1n) is 9.27. The van der Waals surface area contributed by atoms with Gasteiger partial charge in [-0.05, 0) is 35.3 Å². The van der Waals surface area contributed by atoms with Crippen LogP contribution in [0.4, 0.5) is 4.79 Å². The molecule has 28 heavy (non-hydrogen) atoms. The molecule has 2 aliphatic heterocycles. The highest BCUT2D eigenvalue weighted by molar-refractivity contribution is 6.32. The number of ether oxygens (including phenoxy) is 3. The van der Waals surface area contributed by atoms with Crippen LogP contribution in [0.5, 0.6) is 5.75 Å². The van der Waals surface area contributed by atoms with Gasteiger partial charge in [0.05, 0.1) is 37.4 Å². The molecule has 5 nitrogen and oxygen atoms in total. The second-order valence-electron chi connectivity index (χ2n) is 6.95. The molecule has 2 aromatic carbocycles. The molecule has 2 atom stereocenters. The van der Waals surface area contributed by atoms with Gasteiger partial charge in [0.15, 0.2) is 0 Å². The molecule has 146 valence electrons. The lowest BCUT2D eigenvalue weighted by Crippen LogP contribution is -2.56. The number of halogens is 1. The maximum atomic E-state index is 12.7. The summed E-state index contributed by atoms with van der Waals surface area (Å²) in [7, 11) is 1.60. The SMILES string of the molecule is COc1ccc(C2=CC3COCC(C2)N3C(=O)OCc2ccccc2)cc1Cl. The number of rotatable bonds is 4. The van der Waals surface area contributed by atoms with E-state index < -0.39 is 0 Å². The molecule has 2 unspecified atom stereocenters. The molecule has 0 aliphatic carbocycles. The lowest BCUT2D eigenvalue weighted by Gasteiger charge is -2.43. The number of amides is 1. The summed E-state index contributed by atoms with van der Waals surface area (Å²) in [5, 5.41) is 0.576. The molecule has 0 radical (unpaired) electrons. The minimum Gasteiger partial charge on any atom is -0.495 e. The predicted molar refractivity (Wildman–Crippen MR) is 107 cm³/mol. The van der Waals surface area contributed by atoms with Crippen molar-refractivity contribution >= 4 is 23.3 Å². The van der Waals surface area contributed by atoms with E-state index in [0.717, 1.165) is 16.7 Å². The van der Waals surface area contributed by atoms with Crippen LogP contribution in [0.25, 0.3) is 5.57 Å². The molecule has 0 N–H and O–H groups in total. The molecule has 2 aliphatic rings. The first kappa shape index (κ1) is 18.8. The van der Waals surface area contributed by atoms with Crippen molar-refractivity contribution in [3.63, 3.8) is 0 Å². The molecule has 2 heterocycles. The summed E-state index contributed by atoms with van der Waals surface area (Å²) in [4.78, 5) is 14.6. The van der Waals surface area contributed by atoms with Crippen molar-refractivity contribution in [2.24, 2.45) is 0 Å². The van der Waals surface area contributed by atoms with Crippen LogP contribution >= 0.6 is 11.6 Å². The van der Waals surface area contributed by atoms with Crippen LogP contribution in [0.1, 0.15) is 17.5 Å². The summed E-state index contributed by atoms with van der Waals surface area (Å²) >= 11 is 6.29. The normalized spacial score (nSPS) is 21.1. The summed E-state index contributed by atoms with van der Waals surface area (Å²) in [6.45, 7) is 1.23. The Kier molecular flexibility index (Phi) is 5.55. The monoisotopic (exact) mass is 399 g/mol. The number of carbonyl (C=O) groups excluding carboxylic acids is 1. The van der Waals surface area contributed by atoms with E-state index >= 15 is 0 Å². The van der Waals surface area contributed by atoms with Crippen molar-refractivity contribution in [1.29, 1.82) is 0 Å². The second-order valence-corrected chi connectivity index (χ2v) is 7.36. The number of morpholine rings is 1. The Hall–Kier alpha value is -2.50. The quantitative estimate of drug-likeness (QED) is 0.757. The van der Waals surface area contributed by atoms with Crippen molar-refractivity contribution in [2.45, 2.75) is 25.1 Å². The average Bonchev–Trinajstić information content (AvgIpc) is 2.71. The molecule has 2 bridgehead atoms. The van der Waals surface area contributed by atoms with E-state index in [9.17, 15) is 4.79 Å². The number of fused-ring (bicyclic) bond motifs is 2. The fraction of sp³-hybridized carbons (Fsp3) is 0.318. The highest BCUT2D eigenvalue weighted by Crippen LogP contribution is 2.35. The van der Waals surface area contributed by atoms with E-state index in [4.69, 9.17) is 25.8 Å². The highest BCUT2D eigenvalue weighted by Gasteiger charge is 2.39. The third-order valence-electron chi connectivity index (χ3n) is 5.14. The Labute approximate surface area is 169 Å². The van der Waals surface area contributed by atoms with Crippen molar-refractivity contribution < 1.29 is 19.0 Å². The second kappa shape index (κ2) is 8.25. The number of methoxy groups -OCH3 is 1. The number of hydrogen-bond acceptors (Lipinski definition) is 4. The Morgan fingerprint density at radius 1 is 1.21 bits per heavy atom. The lowest BCUT2D eigenvalue weighted by atomic mass is 9.90. The van der Waals surface area contributed by atoms with E-state index in [1.54, 1.807) is 12.0 Å². The van der Waals surface area contributed by atoms with Gasteiger partial charge in [0.25, 0.3) is 0 Å². The molecular weight excluding hydrogens is 378 g/mol. The Balaban J connectivity index is 1.51. The third-order valence-corrected chi connectivity index (χ3v) is 5.43. The van der Waals surface area contributed by atoms with Crippen molar-refractivity contribution in [1.82, 2.24) is 4.90 Å². The zero-order valence-corrected chi connectivity index (χ0v) is 16.4. The van der Waals surface area contributed by atoms with Crippen molar-refractivity contribution in [3.05, 3.63) is 70.8 Å². The first-order chi connectivity index (χ1) is 13.7. The smallest absolute Gasteiger partial charge is 0.411 e. The van der Waals surface area contributed by atoms with Crippen molar-refractivity contribution in [2.75, 3.05) is 20.3 Å². The number of carbonyl (C=O) groups is 1. The summed E-state index contributed by atoms with van der Waals surface area (Å²) in [6.07, 6.45) is 2.47. The van der Waals surface area contributed by atoms with E-state index in [1.165, 1.54) is 0 Å². The van der Waals surface area contributed by atoms with Gasteiger partial charge >= 0.3 is 6.09 Å². The third kappa shape index (κ3) is 3.86. The zero-order chi connectivity index (χ0) is 19.5. The minimum atomic E-state index is -0.301. The number of nitrogens with zero attached hydrogens (tertiary/aromatic N) is 1. The van der Waals surface area contributed by atoms with E-state index in [-0.39, 0.29) is 24.8 Å². The Morgan fingerprint density at radius 2 is 2.04 bits per heavy atom. The molecule has 1 amide bonds. The summed E-state index contributed by atoms with van der Waals surface area (Å²) in [6, 6.07) is 15.3. The van der Waals surface area contributed by atoms with Crippen LogP contribution in [0.3, 0.4) is 0 Å². The largest absolute Gasteiger partial charge is 0.495 e. The molecule has 6 heteroatoms. The van der Waals surface area contributed by atoms with Gasteiger partial charge in [0.2, 0.25) is 0 Å². The molecule has 1 saturated heterocycles. The first-order valence-corrected chi connectivity index (χ1v) is 9.65. The molecular formula is C22H22ClNO4. The van der Waals surface area contributed by atoms with E-state index in [2.05, 4.69) is 6.08 Å². The molecule has 0 aromatic heterocycles. The van der Waals surface area contributed by atoms with Gasteiger partial charge in [0, 0.05) is 0 Å². The Morgan fingerprint density at radius 3 is 2.75 bits per heavy atom. The summed E-state index contributed by atoms with van der Waals surface area (Å²) in [5.41, 5.74) is 3.17. The molecule has 1 fully saturated rings. The molecule has 0 spiro atoms. The Bertz CT molecular complexity index is 883. The fourth-order valence-electron chi connectivity index (χ4n) is 3.75. The van der Waals surface area contributed by atoms with Gasteiger partial charge in [-0.25, -0.2) is 4.79 Å². The van der Waals surface area contributed by atoms with Crippen molar-refractivity contribution in [3.8, 4) is 5.75 Å². The van der Waals surface area contributed by atoms with Gasteiger partial charge < -0.3 is 14.2 Å². The topological polar surface area (TPSA) is 48.0 Å². The maximum Gasteiger partial charge on any atom is 0.411 e. The van der Waals surface area contributed by atoms with Crippen LogP contribution in [0.15, 0.2) is 54.6 Å². The van der Waals surface area contributed by atoms with E-state index in [0.29, 0.717) is 30.4 Å². The van der Waals surface area contributed by atoms with Gasteiger partial charge in [-0.15, -0.1) is 0 Å². The van der Waals surface area contributed by atoms with E-state index in [1.807, 2.05) is 48.5 Å². The number of benzene rings is 2. The van der Waals surface area contributed by atoms with Crippen LogP contribution in [-0.2, 0) is 16.1 Å². The van der Waals surface area contributed by atoms with Gasteiger partial charge in [0.1, 0.15) is 12.4 Å². The number of hydrogen-bond donors (Lipinski definition) is 0. The zero-order valence-electron chi connectivity index (χ0n) is 15.6. The van der Waals surface area contributed by atoms with Crippen LogP contribution < -0.4 is 4.74 Å². The maximum absolute atomic E-state index is 12.7. The van der Waals surface area contributed by atoms with Crippen LogP contribution in [0.2, 0.25) is 5.02 Å². The van der Waals surface area contributed by atoms with Gasteiger partial charge in [-0.2, -0.15) is 0 Å². The average molecular weight is 400 g/mol. The standard InChI is InChI=1S/C22H22ClNO4/c1-26-21-8-7-16(11-20(21)23)17-9-18-13-27-14-19(10-17)24(18)22(25)28-12-15-5-3-2-4-6-15/h2-9,11,18-19H,10,12-14H2,1H3. The summed E-state index contributed by atoms with van der Waals surface area (Å²) < 4.78 is 16.5. The highest BCUT2D eigenvalue weighted by atomic mass is 35.5. The summed E-state index contributed by atoms with van der Waals surface area (Å²) in [5.74, 6) is 0.650. The lowest BCUT2D eigenvalue weighted by molar-refractivity contribution is -0.0342. The molecule has 0 saturated carbocycles. The van der Waals surface area contributed by atoms with Crippen LogP contribution in [0, 0.1) is 0 Å². The predicted octanol–water partition coefficient (Wildman–Crippen LogP) is 4.54. The van der Waals surface area contributed by atoms with Gasteiger partial charge in [-0.3, -0.25) is 4.90 Å². The minimum absolute atomic E-state index is 0.0529. The fourth-order valence-corrected chi connectivity index (χ4v) is 4.01. The molecule has 4 rings (SSSR count). The molecule has 2 aromatic rings.